The molecule has 1 aromatic rings. The number of rotatable bonds is 2. The average molecular weight is 297 g/mol. The van der Waals surface area contributed by atoms with Gasteiger partial charge in [0.1, 0.15) is 0 Å². The summed E-state index contributed by atoms with van der Waals surface area (Å²) in [6.07, 6.45) is 3.80. The summed E-state index contributed by atoms with van der Waals surface area (Å²) in [4.78, 5) is 2.42. The van der Waals surface area contributed by atoms with E-state index in [0.717, 1.165) is 0 Å². The summed E-state index contributed by atoms with van der Waals surface area (Å²) in [7, 11) is 2.21. The standard InChI is InChI=1S/C14H21BrN2/c1-11-5-6-13(10-14(11)15)16-12-4-3-8-17(2)9-7-12/h5-6,10,12,16H,3-4,7-9H2,1-2H3. The second-order valence-electron chi connectivity index (χ2n) is 5.04. The quantitative estimate of drug-likeness (QED) is 0.896. The van der Waals surface area contributed by atoms with Crippen LogP contribution >= 0.6 is 15.9 Å². The van der Waals surface area contributed by atoms with Crippen molar-refractivity contribution < 1.29 is 0 Å². The number of anilines is 1. The fourth-order valence-electron chi connectivity index (χ4n) is 2.30. The summed E-state index contributed by atoms with van der Waals surface area (Å²) >= 11 is 3.59. The zero-order chi connectivity index (χ0) is 12.3. The molecule has 3 heteroatoms. The van der Waals surface area contributed by atoms with Gasteiger partial charge in [-0.2, -0.15) is 0 Å². The Morgan fingerprint density at radius 3 is 2.88 bits per heavy atom. The van der Waals surface area contributed by atoms with E-state index in [4.69, 9.17) is 0 Å². The number of aryl methyl sites for hydroxylation is 1. The molecule has 1 saturated heterocycles. The van der Waals surface area contributed by atoms with Crippen LogP contribution in [0.1, 0.15) is 24.8 Å². The van der Waals surface area contributed by atoms with Crippen molar-refractivity contribution in [2.24, 2.45) is 0 Å². The molecule has 0 bridgehead atoms. The van der Waals surface area contributed by atoms with E-state index in [1.54, 1.807) is 0 Å². The minimum absolute atomic E-state index is 0.620. The van der Waals surface area contributed by atoms with Gasteiger partial charge in [-0.15, -0.1) is 0 Å². The molecule has 1 unspecified atom stereocenters. The number of hydrogen-bond donors (Lipinski definition) is 1. The highest BCUT2D eigenvalue weighted by Gasteiger charge is 2.14. The first-order chi connectivity index (χ1) is 8.15. The number of nitrogens with one attached hydrogen (secondary N) is 1. The van der Waals surface area contributed by atoms with Crippen molar-refractivity contribution >= 4 is 21.6 Å². The van der Waals surface area contributed by atoms with Gasteiger partial charge in [-0.05, 0) is 64.0 Å². The van der Waals surface area contributed by atoms with Gasteiger partial charge in [0.15, 0.2) is 0 Å². The molecule has 94 valence electrons. The Morgan fingerprint density at radius 2 is 2.12 bits per heavy atom. The normalized spacial score (nSPS) is 22.2. The van der Waals surface area contributed by atoms with Crippen molar-refractivity contribution in [3.8, 4) is 0 Å². The Morgan fingerprint density at radius 1 is 1.29 bits per heavy atom. The van der Waals surface area contributed by atoms with Gasteiger partial charge >= 0.3 is 0 Å². The molecular formula is C14H21BrN2. The van der Waals surface area contributed by atoms with Crippen molar-refractivity contribution in [2.45, 2.75) is 32.2 Å². The summed E-state index contributed by atoms with van der Waals surface area (Å²) in [6.45, 7) is 4.55. The Labute approximate surface area is 113 Å². The summed E-state index contributed by atoms with van der Waals surface area (Å²) < 4.78 is 1.19. The highest BCUT2D eigenvalue weighted by Crippen LogP contribution is 2.23. The number of likely N-dealkylation sites (tertiary alicyclic amines) is 1. The molecule has 1 aliphatic heterocycles. The zero-order valence-corrected chi connectivity index (χ0v) is 12.3. The third-order valence-electron chi connectivity index (χ3n) is 3.49. The zero-order valence-electron chi connectivity index (χ0n) is 10.7. The van der Waals surface area contributed by atoms with E-state index in [-0.39, 0.29) is 0 Å². The van der Waals surface area contributed by atoms with E-state index in [9.17, 15) is 0 Å². The van der Waals surface area contributed by atoms with E-state index in [1.807, 2.05) is 0 Å². The van der Waals surface area contributed by atoms with Crippen molar-refractivity contribution in [1.29, 1.82) is 0 Å². The molecule has 17 heavy (non-hydrogen) atoms. The lowest BCUT2D eigenvalue weighted by molar-refractivity contribution is 0.348. The van der Waals surface area contributed by atoms with E-state index >= 15 is 0 Å². The van der Waals surface area contributed by atoms with Crippen LogP contribution in [-0.4, -0.2) is 31.1 Å². The molecule has 1 atom stereocenters. The van der Waals surface area contributed by atoms with Crippen LogP contribution in [0, 0.1) is 6.92 Å². The van der Waals surface area contributed by atoms with Gasteiger partial charge in [-0.1, -0.05) is 22.0 Å². The summed E-state index contributed by atoms with van der Waals surface area (Å²) in [5.41, 5.74) is 2.52. The number of nitrogens with zero attached hydrogens (tertiary/aromatic N) is 1. The highest BCUT2D eigenvalue weighted by atomic mass is 79.9. The monoisotopic (exact) mass is 296 g/mol. The van der Waals surface area contributed by atoms with Gasteiger partial charge < -0.3 is 10.2 Å². The first-order valence-corrected chi connectivity index (χ1v) is 7.15. The van der Waals surface area contributed by atoms with E-state index in [2.05, 4.69) is 58.3 Å². The van der Waals surface area contributed by atoms with Crippen molar-refractivity contribution in [2.75, 3.05) is 25.5 Å². The molecule has 1 fully saturated rings. The van der Waals surface area contributed by atoms with Crippen LogP contribution in [0.15, 0.2) is 22.7 Å². The fraction of sp³-hybridized carbons (Fsp3) is 0.571. The molecule has 0 radical (unpaired) electrons. The van der Waals surface area contributed by atoms with Gasteiger partial charge in [0.05, 0.1) is 0 Å². The Hall–Kier alpha value is -0.540. The first kappa shape index (κ1) is 12.9. The minimum Gasteiger partial charge on any atom is -0.382 e. The minimum atomic E-state index is 0.620. The van der Waals surface area contributed by atoms with Gasteiger partial charge in [0, 0.05) is 16.2 Å². The molecule has 0 amide bonds. The van der Waals surface area contributed by atoms with Gasteiger partial charge in [-0.25, -0.2) is 0 Å². The molecule has 0 aromatic heterocycles. The Bertz CT molecular complexity index is 378. The van der Waals surface area contributed by atoms with Crippen LogP contribution in [-0.2, 0) is 0 Å². The lowest BCUT2D eigenvalue weighted by Gasteiger charge is -2.18. The lowest BCUT2D eigenvalue weighted by atomic mass is 10.1. The van der Waals surface area contributed by atoms with E-state index in [1.165, 1.54) is 48.1 Å². The predicted octanol–water partition coefficient (Wildman–Crippen LogP) is 3.65. The average Bonchev–Trinajstić information content (AvgIpc) is 2.49. The fourth-order valence-corrected chi connectivity index (χ4v) is 2.68. The molecule has 1 heterocycles. The molecular weight excluding hydrogens is 276 g/mol. The summed E-state index contributed by atoms with van der Waals surface area (Å²) in [5.74, 6) is 0. The molecule has 1 aliphatic rings. The SMILES string of the molecule is Cc1ccc(NC2CCCN(C)CC2)cc1Br. The van der Waals surface area contributed by atoms with Crippen LogP contribution < -0.4 is 5.32 Å². The van der Waals surface area contributed by atoms with Crippen LogP contribution in [0.2, 0.25) is 0 Å². The summed E-state index contributed by atoms with van der Waals surface area (Å²) in [6, 6.07) is 7.14. The number of hydrogen-bond acceptors (Lipinski definition) is 2. The Kier molecular flexibility index (Phi) is 4.46. The maximum atomic E-state index is 3.65. The molecule has 0 saturated carbocycles. The molecule has 2 nitrogen and oxygen atoms in total. The lowest BCUT2D eigenvalue weighted by Crippen LogP contribution is -2.22. The van der Waals surface area contributed by atoms with E-state index in [0.29, 0.717) is 6.04 Å². The van der Waals surface area contributed by atoms with Crippen LogP contribution in [0.25, 0.3) is 0 Å². The van der Waals surface area contributed by atoms with Crippen LogP contribution in [0.4, 0.5) is 5.69 Å². The maximum Gasteiger partial charge on any atom is 0.0353 e. The molecule has 2 rings (SSSR count). The van der Waals surface area contributed by atoms with Crippen LogP contribution in [0.3, 0.4) is 0 Å². The maximum absolute atomic E-state index is 3.65. The third kappa shape index (κ3) is 3.71. The number of benzene rings is 1. The predicted molar refractivity (Wildman–Crippen MR) is 77.6 cm³/mol. The second kappa shape index (κ2) is 5.87. The molecule has 0 spiro atoms. The van der Waals surface area contributed by atoms with Crippen molar-refractivity contribution in [1.82, 2.24) is 4.90 Å². The van der Waals surface area contributed by atoms with Gasteiger partial charge in [-0.3, -0.25) is 0 Å². The summed E-state index contributed by atoms with van der Waals surface area (Å²) in [5, 5.41) is 3.65. The van der Waals surface area contributed by atoms with E-state index < -0.39 is 0 Å². The molecule has 0 aliphatic carbocycles. The largest absolute Gasteiger partial charge is 0.382 e. The molecule has 1 aromatic carbocycles. The Balaban J connectivity index is 1.97. The van der Waals surface area contributed by atoms with Gasteiger partial charge in [0.2, 0.25) is 0 Å². The number of halogens is 1. The smallest absolute Gasteiger partial charge is 0.0353 e. The third-order valence-corrected chi connectivity index (χ3v) is 4.35. The first-order valence-electron chi connectivity index (χ1n) is 6.36. The van der Waals surface area contributed by atoms with Gasteiger partial charge in [0.25, 0.3) is 0 Å². The second-order valence-corrected chi connectivity index (χ2v) is 5.89. The molecule has 1 N–H and O–H groups in total. The highest BCUT2D eigenvalue weighted by molar-refractivity contribution is 9.10. The van der Waals surface area contributed by atoms with Crippen LogP contribution in [0.5, 0.6) is 0 Å². The van der Waals surface area contributed by atoms with Crippen molar-refractivity contribution in [3.05, 3.63) is 28.2 Å². The van der Waals surface area contributed by atoms with Crippen molar-refractivity contribution in [3.63, 3.8) is 0 Å². The topological polar surface area (TPSA) is 15.3 Å².